The average molecular weight is 262 g/mol. The summed E-state index contributed by atoms with van der Waals surface area (Å²) >= 11 is 0. The maximum atomic E-state index is 12.5. The van der Waals surface area contributed by atoms with Gasteiger partial charge in [-0.15, -0.1) is 0 Å². The summed E-state index contributed by atoms with van der Waals surface area (Å²) < 4.78 is 0. The van der Waals surface area contributed by atoms with Crippen LogP contribution in [0.5, 0.6) is 0 Å². The molecule has 1 aliphatic rings. The van der Waals surface area contributed by atoms with E-state index in [-0.39, 0.29) is 11.3 Å². The first-order valence-electron chi connectivity index (χ1n) is 7.29. The standard InChI is InChI=1S/C16H26N2O/c1-11(2)12-9-17-14-7-6-8-18(10-13(12)14)15(19)16(3,4)5/h9,11,17H,6-8,10H2,1-5H3. The van der Waals surface area contributed by atoms with E-state index in [1.54, 1.807) is 0 Å². The summed E-state index contributed by atoms with van der Waals surface area (Å²) in [4.78, 5) is 17.9. The zero-order chi connectivity index (χ0) is 14.2. The second kappa shape index (κ2) is 5.03. The zero-order valence-electron chi connectivity index (χ0n) is 12.8. The van der Waals surface area contributed by atoms with E-state index in [0.29, 0.717) is 5.92 Å². The highest BCUT2D eigenvalue weighted by Gasteiger charge is 2.30. The van der Waals surface area contributed by atoms with Crippen LogP contribution in [0.25, 0.3) is 0 Å². The predicted octanol–water partition coefficient (Wildman–Crippen LogP) is 3.46. The Labute approximate surface area is 116 Å². The van der Waals surface area contributed by atoms with E-state index in [4.69, 9.17) is 0 Å². The van der Waals surface area contributed by atoms with Crippen LogP contribution in [0.15, 0.2) is 6.20 Å². The molecule has 1 amide bonds. The van der Waals surface area contributed by atoms with Crippen LogP contribution in [-0.2, 0) is 17.8 Å². The fraction of sp³-hybridized carbons (Fsp3) is 0.688. The number of aryl methyl sites for hydroxylation is 1. The van der Waals surface area contributed by atoms with Crippen molar-refractivity contribution >= 4 is 5.91 Å². The summed E-state index contributed by atoms with van der Waals surface area (Å²) in [6.45, 7) is 12.1. The number of fused-ring (bicyclic) bond motifs is 1. The third-order valence-corrected chi connectivity index (χ3v) is 3.87. The zero-order valence-corrected chi connectivity index (χ0v) is 12.8. The first kappa shape index (κ1) is 14.2. The van der Waals surface area contributed by atoms with Crippen molar-refractivity contribution in [1.29, 1.82) is 0 Å². The highest BCUT2D eigenvalue weighted by Crippen LogP contribution is 2.29. The summed E-state index contributed by atoms with van der Waals surface area (Å²) in [6, 6.07) is 0. The van der Waals surface area contributed by atoms with Gasteiger partial charge in [0.1, 0.15) is 0 Å². The van der Waals surface area contributed by atoms with E-state index >= 15 is 0 Å². The van der Waals surface area contributed by atoms with Gasteiger partial charge in [0.15, 0.2) is 0 Å². The Hall–Kier alpha value is -1.25. The molecule has 1 aliphatic heterocycles. The van der Waals surface area contributed by atoms with E-state index < -0.39 is 0 Å². The minimum Gasteiger partial charge on any atom is -0.364 e. The van der Waals surface area contributed by atoms with Crippen molar-refractivity contribution in [2.24, 2.45) is 5.41 Å². The number of carbonyl (C=O) groups excluding carboxylic acids is 1. The summed E-state index contributed by atoms with van der Waals surface area (Å²) in [7, 11) is 0. The number of hydrogen-bond donors (Lipinski definition) is 1. The minimum absolute atomic E-state index is 0.260. The van der Waals surface area contributed by atoms with E-state index in [1.165, 1.54) is 16.8 Å². The lowest BCUT2D eigenvalue weighted by molar-refractivity contribution is -0.140. The Morgan fingerprint density at radius 3 is 2.63 bits per heavy atom. The number of amides is 1. The van der Waals surface area contributed by atoms with Gasteiger partial charge in [0.05, 0.1) is 0 Å². The lowest BCUT2D eigenvalue weighted by Crippen LogP contribution is -2.39. The molecule has 0 spiro atoms. The fourth-order valence-electron chi connectivity index (χ4n) is 2.80. The topological polar surface area (TPSA) is 36.1 Å². The maximum absolute atomic E-state index is 12.5. The molecule has 0 aromatic carbocycles. The largest absolute Gasteiger partial charge is 0.364 e. The lowest BCUT2D eigenvalue weighted by atomic mass is 9.94. The smallest absolute Gasteiger partial charge is 0.228 e. The average Bonchev–Trinajstić information content (AvgIpc) is 2.58. The van der Waals surface area contributed by atoms with Crippen molar-refractivity contribution in [1.82, 2.24) is 9.88 Å². The Morgan fingerprint density at radius 1 is 1.37 bits per heavy atom. The molecule has 0 atom stereocenters. The molecule has 3 heteroatoms. The number of hydrogen-bond acceptors (Lipinski definition) is 1. The SMILES string of the molecule is CC(C)c1c[nH]c2c1CN(C(=O)C(C)(C)C)CCC2. The van der Waals surface area contributed by atoms with E-state index in [2.05, 4.69) is 25.0 Å². The minimum atomic E-state index is -0.293. The number of nitrogens with zero attached hydrogens (tertiary/aromatic N) is 1. The second-order valence-corrected chi connectivity index (χ2v) is 6.94. The molecule has 2 heterocycles. The van der Waals surface area contributed by atoms with Crippen LogP contribution in [0, 0.1) is 5.41 Å². The van der Waals surface area contributed by atoms with E-state index in [9.17, 15) is 4.79 Å². The molecule has 0 bridgehead atoms. The molecule has 19 heavy (non-hydrogen) atoms. The number of aromatic nitrogens is 1. The van der Waals surface area contributed by atoms with Gasteiger partial charge in [0.25, 0.3) is 0 Å². The first-order valence-corrected chi connectivity index (χ1v) is 7.29. The highest BCUT2D eigenvalue weighted by atomic mass is 16.2. The summed E-state index contributed by atoms with van der Waals surface area (Å²) in [6.07, 6.45) is 4.23. The number of aromatic amines is 1. The molecule has 0 saturated heterocycles. The van der Waals surface area contributed by atoms with Crippen LogP contribution in [0.1, 0.15) is 63.8 Å². The summed E-state index contributed by atoms with van der Waals surface area (Å²) in [5, 5.41) is 0. The molecular formula is C16H26N2O. The highest BCUT2D eigenvalue weighted by molar-refractivity contribution is 5.81. The molecular weight excluding hydrogens is 236 g/mol. The Kier molecular flexibility index (Phi) is 3.75. The van der Waals surface area contributed by atoms with Crippen molar-refractivity contribution in [2.45, 2.75) is 59.9 Å². The molecule has 1 N–H and O–H groups in total. The first-order chi connectivity index (χ1) is 8.80. The molecule has 3 nitrogen and oxygen atoms in total. The molecule has 0 fully saturated rings. The summed E-state index contributed by atoms with van der Waals surface area (Å²) in [5.74, 6) is 0.765. The number of nitrogens with one attached hydrogen (secondary N) is 1. The van der Waals surface area contributed by atoms with Gasteiger partial charge in [-0.1, -0.05) is 34.6 Å². The lowest BCUT2D eigenvalue weighted by Gasteiger charge is -2.29. The molecule has 0 radical (unpaired) electrons. The van der Waals surface area contributed by atoms with E-state index in [1.807, 2.05) is 25.7 Å². The van der Waals surface area contributed by atoms with Gasteiger partial charge >= 0.3 is 0 Å². The molecule has 0 saturated carbocycles. The monoisotopic (exact) mass is 262 g/mol. The fourth-order valence-corrected chi connectivity index (χ4v) is 2.80. The third-order valence-electron chi connectivity index (χ3n) is 3.87. The van der Waals surface area contributed by atoms with Crippen LogP contribution >= 0.6 is 0 Å². The van der Waals surface area contributed by atoms with Gasteiger partial charge in [-0.05, 0) is 29.9 Å². The van der Waals surface area contributed by atoms with Gasteiger partial charge in [0.2, 0.25) is 5.91 Å². The molecule has 1 aromatic heterocycles. The number of rotatable bonds is 1. The van der Waals surface area contributed by atoms with Crippen molar-refractivity contribution < 1.29 is 4.79 Å². The number of H-pyrrole nitrogens is 1. The number of carbonyl (C=O) groups is 1. The van der Waals surface area contributed by atoms with Gasteiger partial charge in [-0.25, -0.2) is 0 Å². The maximum Gasteiger partial charge on any atom is 0.228 e. The van der Waals surface area contributed by atoms with Crippen molar-refractivity contribution in [3.05, 3.63) is 23.0 Å². The van der Waals surface area contributed by atoms with Gasteiger partial charge in [0, 0.05) is 30.4 Å². The van der Waals surface area contributed by atoms with Gasteiger partial charge in [-0.2, -0.15) is 0 Å². The molecule has 0 aliphatic carbocycles. The van der Waals surface area contributed by atoms with Crippen molar-refractivity contribution in [3.8, 4) is 0 Å². The van der Waals surface area contributed by atoms with Crippen LogP contribution < -0.4 is 0 Å². The summed E-state index contributed by atoms with van der Waals surface area (Å²) in [5.41, 5.74) is 3.75. The van der Waals surface area contributed by atoms with Crippen LogP contribution in [0.2, 0.25) is 0 Å². The Morgan fingerprint density at radius 2 is 2.05 bits per heavy atom. The third kappa shape index (κ3) is 2.85. The Balaban J connectivity index is 2.29. The van der Waals surface area contributed by atoms with Crippen molar-refractivity contribution in [3.63, 3.8) is 0 Å². The van der Waals surface area contributed by atoms with Crippen LogP contribution in [-0.4, -0.2) is 22.3 Å². The van der Waals surface area contributed by atoms with Crippen LogP contribution in [0.4, 0.5) is 0 Å². The second-order valence-electron chi connectivity index (χ2n) is 6.94. The van der Waals surface area contributed by atoms with Crippen molar-refractivity contribution in [2.75, 3.05) is 6.54 Å². The van der Waals surface area contributed by atoms with Crippen LogP contribution in [0.3, 0.4) is 0 Å². The van der Waals surface area contributed by atoms with Gasteiger partial charge < -0.3 is 9.88 Å². The normalized spacial score (nSPS) is 16.4. The molecule has 2 rings (SSSR count). The van der Waals surface area contributed by atoms with E-state index in [0.717, 1.165) is 25.9 Å². The quantitative estimate of drug-likeness (QED) is 0.826. The van der Waals surface area contributed by atoms with Gasteiger partial charge in [-0.3, -0.25) is 4.79 Å². The predicted molar refractivity (Wildman–Crippen MR) is 78.1 cm³/mol. The molecule has 106 valence electrons. The Bertz CT molecular complexity index is 466. The molecule has 1 aromatic rings. The molecule has 0 unspecified atom stereocenters.